The molecule has 0 N–H and O–H groups in total. The highest BCUT2D eigenvalue weighted by Gasteiger charge is 2.22. The fraction of sp³-hybridized carbons (Fsp3) is 0.286. The van der Waals surface area contributed by atoms with Crippen LogP contribution < -0.4 is 0 Å². The third-order valence-corrected chi connectivity index (χ3v) is 3.31. The number of pyridine rings is 1. The van der Waals surface area contributed by atoms with Crippen LogP contribution in [0.3, 0.4) is 0 Å². The first-order valence-corrected chi connectivity index (χ1v) is 5.92. The Labute approximate surface area is 100 Å². The Morgan fingerprint density at radius 2 is 2.24 bits per heavy atom. The quantitative estimate of drug-likeness (QED) is 0.749. The van der Waals surface area contributed by atoms with Gasteiger partial charge in [0.25, 0.3) is 0 Å². The monoisotopic (exact) mass is 226 g/mol. The van der Waals surface area contributed by atoms with Gasteiger partial charge in [-0.25, -0.2) is 0 Å². The molecule has 86 valence electrons. The SMILES string of the molecule is Cc1cc2c(n1-c1cccnc1)CCCC2=O. The van der Waals surface area contributed by atoms with E-state index in [1.165, 1.54) is 0 Å². The van der Waals surface area contributed by atoms with Crippen LogP contribution in [-0.2, 0) is 6.42 Å². The van der Waals surface area contributed by atoms with Gasteiger partial charge in [-0.1, -0.05) is 0 Å². The Morgan fingerprint density at radius 3 is 3.00 bits per heavy atom. The number of ketones is 1. The molecule has 0 unspecified atom stereocenters. The molecule has 0 bridgehead atoms. The summed E-state index contributed by atoms with van der Waals surface area (Å²) < 4.78 is 2.15. The van der Waals surface area contributed by atoms with Crippen LogP contribution in [0.15, 0.2) is 30.6 Å². The second-order valence-electron chi connectivity index (χ2n) is 4.47. The first-order valence-electron chi connectivity index (χ1n) is 5.92. The average molecular weight is 226 g/mol. The minimum atomic E-state index is 0.275. The van der Waals surface area contributed by atoms with Crippen molar-refractivity contribution in [2.45, 2.75) is 26.2 Å². The van der Waals surface area contributed by atoms with Gasteiger partial charge in [-0.05, 0) is 38.0 Å². The van der Waals surface area contributed by atoms with Crippen molar-refractivity contribution in [1.82, 2.24) is 9.55 Å². The van der Waals surface area contributed by atoms with Gasteiger partial charge in [0.05, 0.1) is 11.9 Å². The van der Waals surface area contributed by atoms with E-state index in [9.17, 15) is 4.79 Å². The summed E-state index contributed by atoms with van der Waals surface area (Å²) in [5.74, 6) is 0.275. The number of aromatic nitrogens is 2. The third-order valence-electron chi connectivity index (χ3n) is 3.31. The molecule has 0 aliphatic heterocycles. The molecule has 0 spiro atoms. The molecule has 0 fully saturated rings. The molecule has 0 saturated heterocycles. The summed E-state index contributed by atoms with van der Waals surface area (Å²) in [7, 11) is 0. The second-order valence-corrected chi connectivity index (χ2v) is 4.47. The van der Waals surface area contributed by atoms with Crippen LogP contribution >= 0.6 is 0 Å². The molecular formula is C14H14N2O. The maximum Gasteiger partial charge on any atom is 0.164 e. The van der Waals surface area contributed by atoms with Gasteiger partial charge in [-0.2, -0.15) is 0 Å². The van der Waals surface area contributed by atoms with Gasteiger partial charge >= 0.3 is 0 Å². The lowest BCUT2D eigenvalue weighted by atomic mass is 9.96. The Balaban J connectivity index is 2.21. The van der Waals surface area contributed by atoms with Crippen molar-refractivity contribution in [3.8, 4) is 5.69 Å². The van der Waals surface area contributed by atoms with Gasteiger partial charge in [0.2, 0.25) is 0 Å². The number of hydrogen-bond donors (Lipinski definition) is 0. The fourth-order valence-electron chi connectivity index (χ4n) is 2.57. The number of fused-ring (bicyclic) bond motifs is 1. The molecule has 0 atom stereocenters. The molecule has 3 heteroatoms. The second kappa shape index (κ2) is 3.84. The van der Waals surface area contributed by atoms with Gasteiger partial charge in [0.1, 0.15) is 0 Å². The maximum atomic E-state index is 11.9. The molecule has 0 amide bonds. The Kier molecular flexibility index (Phi) is 2.32. The number of hydrogen-bond acceptors (Lipinski definition) is 2. The summed E-state index contributed by atoms with van der Waals surface area (Å²) in [6.45, 7) is 2.04. The summed E-state index contributed by atoms with van der Waals surface area (Å²) in [5.41, 5.74) is 4.20. The first kappa shape index (κ1) is 10.3. The van der Waals surface area contributed by atoms with E-state index in [0.29, 0.717) is 6.42 Å². The standard InChI is InChI=1S/C14H14N2O/c1-10-8-12-13(5-2-6-14(12)17)16(10)11-4-3-7-15-9-11/h3-4,7-9H,2,5-6H2,1H3. The zero-order valence-electron chi connectivity index (χ0n) is 9.81. The van der Waals surface area contributed by atoms with E-state index in [-0.39, 0.29) is 5.78 Å². The lowest BCUT2D eigenvalue weighted by molar-refractivity contribution is 0.0972. The first-order chi connectivity index (χ1) is 8.27. The van der Waals surface area contributed by atoms with Gasteiger partial charge in [-0.3, -0.25) is 9.78 Å². The van der Waals surface area contributed by atoms with Gasteiger partial charge < -0.3 is 4.57 Å². The van der Waals surface area contributed by atoms with Crippen LogP contribution in [0.25, 0.3) is 5.69 Å². The maximum absolute atomic E-state index is 11.9. The van der Waals surface area contributed by atoms with Crippen molar-refractivity contribution in [2.24, 2.45) is 0 Å². The molecule has 1 aliphatic carbocycles. The van der Waals surface area contributed by atoms with Gasteiger partial charge in [-0.15, -0.1) is 0 Å². The van der Waals surface area contributed by atoms with E-state index in [2.05, 4.69) is 9.55 Å². The van der Waals surface area contributed by atoms with Crippen LogP contribution in [0.1, 0.15) is 34.6 Å². The summed E-state index contributed by atoms with van der Waals surface area (Å²) in [6, 6.07) is 5.95. The van der Waals surface area contributed by atoms with Crippen molar-refractivity contribution in [2.75, 3.05) is 0 Å². The molecule has 2 aromatic rings. The molecule has 0 aromatic carbocycles. The van der Waals surface area contributed by atoms with E-state index in [1.54, 1.807) is 6.20 Å². The van der Waals surface area contributed by atoms with Crippen molar-refractivity contribution in [3.63, 3.8) is 0 Å². The van der Waals surface area contributed by atoms with Crippen molar-refractivity contribution < 1.29 is 4.79 Å². The predicted octanol–water partition coefficient (Wildman–Crippen LogP) is 2.70. The largest absolute Gasteiger partial charge is 0.316 e. The van der Waals surface area contributed by atoms with E-state index < -0.39 is 0 Å². The molecule has 0 radical (unpaired) electrons. The topological polar surface area (TPSA) is 34.9 Å². The fourth-order valence-corrected chi connectivity index (χ4v) is 2.57. The molecule has 2 heterocycles. The van der Waals surface area contributed by atoms with E-state index in [4.69, 9.17) is 0 Å². The van der Waals surface area contributed by atoms with Crippen molar-refractivity contribution in [3.05, 3.63) is 47.5 Å². The third kappa shape index (κ3) is 1.58. The van der Waals surface area contributed by atoms with Crippen LogP contribution in [-0.4, -0.2) is 15.3 Å². The molecule has 17 heavy (non-hydrogen) atoms. The number of carbonyl (C=O) groups excluding carboxylic acids is 1. The number of carbonyl (C=O) groups is 1. The Morgan fingerprint density at radius 1 is 1.35 bits per heavy atom. The summed E-state index contributed by atoms with van der Waals surface area (Å²) in [4.78, 5) is 16.0. The highest BCUT2D eigenvalue weighted by molar-refractivity contribution is 5.98. The van der Waals surface area contributed by atoms with Crippen LogP contribution in [0, 0.1) is 6.92 Å². The highest BCUT2D eigenvalue weighted by Crippen LogP contribution is 2.27. The van der Waals surface area contributed by atoms with Crippen molar-refractivity contribution in [1.29, 1.82) is 0 Å². The van der Waals surface area contributed by atoms with Crippen LogP contribution in [0.4, 0.5) is 0 Å². The van der Waals surface area contributed by atoms with E-state index in [0.717, 1.165) is 35.5 Å². The molecule has 2 aromatic heterocycles. The lowest BCUT2D eigenvalue weighted by Gasteiger charge is -2.15. The molecule has 1 aliphatic rings. The minimum absolute atomic E-state index is 0.275. The van der Waals surface area contributed by atoms with Crippen LogP contribution in [0.2, 0.25) is 0 Å². The smallest absolute Gasteiger partial charge is 0.164 e. The zero-order chi connectivity index (χ0) is 11.8. The predicted molar refractivity (Wildman–Crippen MR) is 65.6 cm³/mol. The molecule has 3 rings (SSSR count). The number of aryl methyl sites for hydroxylation is 1. The molecule has 0 saturated carbocycles. The zero-order valence-corrected chi connectivity index (χ0v) is 9.81. The number of nitrogens with zero attached hydrogens (tertiary/aromatic N) is 2. The molecular weight excluding hydrogens is 212 g/mol. The van der Waals surface area contributed by atoms with E-state index >= 15 is 0 Å². The normalized spacial score (nSPS) is 14.8. The summed E-state index contributed by atoms with van der Waals surface area (Å²) in [5, 5.41) is 0. The Hall–Kier alpha value is -1.90. The summed E-state index contributed by atoms with van der Waals surface area (Å²) in [6.07, 6.45) is 6.22. The summed E-state index contributed by atoms with van der Waals surface area (Å²) >= 11 is 0. The molecule has 3 nitrogen and oxygen atoms in total. The Bertz CT molecular complexity index is 569. The van der Waals surface area contributed by atoms with Crippen LogP contribution in [0.5, 0.6) is 0 Å². The van der Waals surface area contributed by atoms with Gasteiger partial charge in [0, 0.05) is 29.6 Å². The lowest BCUT2D eigenvalue weighted by Crippen LogP contribution is -2.12. The van der Waals surface area contributed by atoms with E-state index in [1.807, 2.05) is 31.3 Å². The number of Topliss-reactive ketones (excluding diaryl/α,β-unsaturated/α-hetero) is 1. The van der Waals surface area contributed by atoms with Crippen molar-refractivity contribution >= 4 is 5.78 Å². The van der Waals surface area contributed by atoms with Gasteiger partial charge in [0.15, 0.2) is 5.78 Å². The minimum Gasteiger partial charge on any atom is -0.316 e. The average Bonchev–Trinajstić information content (AvgIpc) is 2.68. The number of rotatable bonds is 1. The highest BCUT2D eigenvalue weighted by atomic mass is 16.1.